The minimum atomic E-state index is -0.618. The molecule has 3 aromatic rings. The number of nitrogens with zero attached hydrogens (tertiary/aromatic N) is 3. The van der Waals surface area contributed by atoms with Crippen LogP contribution < -0.4 is 4.74 Å². The Morgan fingerprint density at radius 1 is 1.15 bits per heavy atom. The predicted octanol–water partition coefficient (Wildman–Crippen LogP) is 3.30. The summed E-state index contributed by atoms with van der Waals surface area (Å²) in [7, 11) is 0. The number of fused-ring (bicyclic) bond motifs is 1. The fourth-order valence-electron chi connectivity index (χ4n) is 3.24. The van der Waals surface area contributed by atoms with E-state index in [1.165, 1.54) is 4.40 Å². The second-order valence-corrected chi connectivity index (χ2v) is 6.86. The van der Waals surface area contributed by atoms with Crippen LogP contribution in [0.4, 0.5) is 4.39 Å². The number of para-hydroxylation sites is 1. The Hall–Kier alpha value is -2.89. The van der Waals surface area contributed by atoms with E-state index in [0.717, 1.165) is 22.4 Å². The summed E-state index contributed by atoms with van der Waals surface area (Å²) in [5, 5.41) is 0. The summed E-state index contributed by atoms with van der Waals surface area (Å²) in [5.74, 6) is -0.156. The van der Waals surface area contributed by atoms with Crippen LogP contribution >= 0.6 is 0 Å². The van der Waals surface area contributed by atoms with E-state index in [0.29, 0.717) is 18.7 Å². The van der Waals surface area contributed by atoms with Crippen molar-refractivity contribution in [3.63, 3.8) is 0 Å². The van der Waals surface area contributed by atoms with E-state index in [1.54, 1.807) is 17.2 Å². The first-order valence-corrected chi connectivity index (χ1v) is 8.60. The highest BCUT2D eigenvalue weighted by molar-refractivity contribution is 5.93. The van der Waals surface area contributed by atoms with Gasteiger partial charge in [0.15, 0.2) is 5.69 Å². The molecule has 6 heteroatoms. The first-order valence-electron chi connectivity index (χ1n) is 8.60. The predicted molar refractivity (Wildman–Crippen MR) is 96.1 cm³/mol. The highest BCUT2D eigenvalue weighted by atomic mass is 19.1. The number of ether oxygens (including phenoxy) is 1. The molecule has 0 radical (unpaired) electrons. The maximum absolute atomic E-state index is 14.6. The van der Waals surface area contributed by atoms with Gasteiger partial charge in [0.05, 0.1) is 13.1 Å². The number of carbonyl (C=O) groups excluding carboxylic acids is 1. The van der Waals surface area contributed by atoms with E-state index < -0.39 is 11.9 Å². The van der Waals surface area contributed by atoms with Crippen LogP contribution in [0, 0.1) is 26.7 Å². The molecular weight excluding hydrogens is 333 g/mol. The summed E-state index contributed by atoms with van der Waals surface area (Å²) >= 11 is 0. The zero-order valence-electron chi connectivity index (χ0n) is 15.0. The van der Waals surface area contributed by atoms with Crippen LogP contribution in [0.5, 0.6) is 5.75 Å². The van der Waals surface area contributed by atoms with Crippen LogP contribution in [-0.4, -0.2) is 39.4 Å². The smallest absolute Gasteiger partial charge is 0.277 e. The molecule has 1 aliphatic rings. The van der Waals surface area contributed by atoms with Gasteiger partial charge < -0.3 is 9.64 Å². The highest BCUT2D eigenvalue weighted by Gasteiger charge is 2.36. The Morgan fingerprint density at radius 3 is 2.54 bits per heavy atom. The van der Waals surface area contributed by atoms with Gasteiger partial charge >= 0.3 is 0 Å². The van der Waals surface area contributed by atoms with Crippen LogP contribution in [0.2, 0.25) is 0 Å². The van der Waals surface area contributed by atoms with Crippen molar-refractivity contribution in [1.82, 2.24) is 14.3 Å². The zero-order valence-corrected chi connectivity index (χ0v) is 15.0. The molecule has 1 amide bonds. The minimum absolute atomic E-state index is 0.0823. The first-order chi connectivity index (χ1) is 12.4. The van der Waals surface area contributed by atoms with E-state index in [1.807, 2.05) is 45.0 Å². The Labute approximate surface area is 151 Å². The highest BCUT2D eigenvalue weighted by Crippen LogP contribution is 2.27. The molecule has 4 rings (SSSR count). The molecule has 1 aliphatic heterocycles. The fourth-order valence-corrected chi connectivity index (χ4v) is 3.24. The van der Waals surface area contributed by atoms with Crippen molar-refractivity contribution in [3.05, 3.63) is 64.9 Å². The van der Waals surface area contributed by atoms with Crippen molar-refractivity contribution >= 4 is 11.6 Å². The minimum Gasteiger partial charge on any atom is -0.486 e. The quantitative estimate of drug-likeness (QED) is 0.726. The maximum atomic E-state index is 14.6. The van der Waals surface area contributed by atoms with Crippen molar-refractivity contribution in [3.8, 4) is 5.75 Å². The molecular formula is C20H20FN3O2. The van der Waals surface area contributed by atoms with E-state index in [-0.39, 0.29) is 11.8 Å². The van der Waals surface area contributed by atoms with Crippen LogP contribution in [0.3, 0.4) is 0 Å². The number of amides is 1. The average molecular weight is 353 g/mol. The topological polar surface area (TPSA) is 46.8 Å². The lowest BCUT2D eigenvalue weighted by molar-refractivity contribution is 0.0165. The molecule has 0 N–H and O–H groups in total. The van der Waals surface area contributed by atoms with Gasteiger partial charge in [-0.05, 0) is 43.5 Å². The number of hydrogen-bond acceptors (Lipinski definition) is 3. The molecule has 0 saturated carbocycles. The number of hydrogen-bond donors (Lipinski definition) is 0. The number of rotatable bonds is 3. The lowest BCUT2D eigenvalue weighted by Crippen LogP contribution is -2.56. The number of imidazole rings is 1. The lowest BCUT2D eigenvalue weighted by Gasteiger charge is -2.39. The molecule has 0 spiro atoms. The van der Waals surface area contributed by atoms with Gasteiger partial charge in [0, 0.05) is 6.20 Å². The third-order valence-electron chi connectivity index (χ3n) is 4.74. The lowest BCUT2D eigenvalue weighted by atomic mass is 10.1. The molecule has 1 fully saturated rings. The molecule has 1 aromatic carbocycles. The Balaban J connectivity index is 1.48. The second kappa shape index (κ2) is 6.12. The van der Waals surface area contributed by atoms with Crippen molar-refractivity contribution in [2.75, 3.05) is 13.1 Å². The maximum Gasteiger partial charge on any atom is 0.277 e. The number of benzene rings is 1. The first kappa shape index (κ1) is 16.6. The molecule has 3 heterocycles. The standard InChI is InChI=1S/C20H20FN3O2/c1-12-7-8-16-22-17(19(21)24(16)9-12)20(25)23-10-15(11-23)26-18-13(2)5-4-6-14(18)3/h4-9,15H,10-11H2,1-3H3. The van der Waals surface area contributed by atoms with Crippen molar-refractivity contribution in [2.24, 2.45) is 0 Å². The Morgan fingerprint density at radius 2 is 1.85 bits per heavy atom. The summed E-state index contributed by atoms with van der Waals surface area (Å²) in [5.41, 5.74) is 3.33. The van der Waals surface area contributed by atoms with Gasteiger partial charge in [-0.25, -0.2) is 4.98 Å². The van der Waals surface area contributed by atoms with E-state index in [2.05, 4.69) is 4.98 Å². The summed E-state index contributed by atoms with van der Waals surface area (Å²) in [4.78, 5) is 18.3. The van der Waals surface area contributed by atoms with Crippen molar-refractivity contribution < 1.29 is 13.9 Å². The number of carbonyl (C=O) groups is 1. The second-order valence-electron chi connectivity index (χ2n) is 6.86. The Bertz CT molecular complexity index is 985. The van der Waals surface area contributed by atoms with Gasteiger partial charge in [-0.15, -0.1) is 0 Å². The average Bonchev–Trinajstić information content (AvgIpc) is 2.89. The van der Waals surface area contributed by atoms with Gasteiger partial charge in [0.2, 0.25) is 5.95 Å². The van der Waals surface area contributed by atoms with Crippen LogP contribution in [-0.2, 0) is 0 Å². The molecule has 0 atom stereocenters. The summed E-state index contributed by atoms with van der Waals surface area (Å²) in [6, 6.07) is 9.53. The number of halogens is 1. The Kier molecular flexibility index (Phi) is 3.90. The SMILES string of the molecule is Cc1ccc2nc(C(=O)N3CC(Oc4c(C)cccc4C)C3)c(F)n2c1. The van der Waals surface area contributed by atoms with E-state index in [4.69, 9.17) is 4.74 Å². The van der Waals surface area contributed by atoms with E-state index >= 15 is 0 Å². The molecule has 26 heavy (non-hydrogen) atoms. The van der Waals surface area contributed by atoms with Crippen LogP contribution in [0.1, 0.15) is 27.2 Å². The van der Waals surface area contributed by atoms with Gasteiger partial charge in [-0.1, -0.05) is 24.3 Å². The van der Waals surface area contributed by atoms with Crippen LogP contribution in [0.15, 0.2) is 36.5 Å². The van der Waals surface area contributed by atoms with Crippen molar-refractivity contribution in [2.45, 2.75) is 26.9 Å². The monoisotopic (exact) mass is 353 g/mol. The van der Waals surface area contributed by atoms with Gasteiger partial charge in [0.25, 0.3) is 5.91 Å². The van der Waals surface area contributed by atoms with Gasteiger partial charge in [0.1, 0.15) is 17.5 Å². The summed E-state index contributed by atoms with van der Waals surface area (Å²) in [6.07, 6.45) is 1.55. The van der Waals surface area contributed by atoms with Crippen molar-refractivity contribution in [1.29, 1.82) is 0 Å². The number of likely N-dealkylation sites (tertiary alicyclic amines) is 1. The van der Waals surface area contributed by atoms with E-state index in [9.17, 15) is 9.18 Å². The summed E-state index contributed by atoms with van der Waals surface area (Å²) in [6.45, 7) is 6.72. The molecule has 134 valence electrons. The normalized spacial score (nSPS) is 14.5. The third kappa shape index (κ3) is 2.71. The summed E-state index contributed by atoms with van der Waals surface area (Å²) < 4.78 is 21.9. The third-order valence-corrected chi connectivity index (χ3v) is 4.74. The van der Waals surface area contributed by atoms with Crippen LogP contribution in [0.25, 0.3) is 5.65 Å². The molecule has 1 saturated heterocycles. The molecule has 5 nitrogen and oxygen atoms in total. The number of aromatic nitrogens is 2. The molecule has 0 unspecified atom stereocenters. The van der Waals surface area contributed by atoms with Gasteiger partial charge in [-0.3, -0.25) is 9.20 Å². The molecule has 0 aliphatic carbocycles. The number of pyridine rings is 1. The number of aryl methyl sites for hydroxylation is 3. The molecule has 2 aromatic heterocycles. The van der Waals surface area contributed by atoms with Gasteiger partial charge in [-0.2, -0.15) is 4.39 Å². The molecule has 0 bridgehead atoms. The fraction of sp³-hybridized carbons (Fsp3) is 0.300. The zero-order chi connectivity index (χ0) is 18.4. The largest absolute Gasteiger partial charge is 0.486 e.